The highest BCUT2D eigenvalue weighted by Crippen LogP contribution is 2.44. The first-order valence-corrected chi connectivity index (χ1v) is 11.9. The molecule has 2 aliphatic heterocycles. The molecule has 0 saturated carbocycles. The molecule has 2 saturated heterocycles. The molecule has 2 heterocycles. The Labute approximate surface area is 213 Å². The summed E-state index contributed by atoms with van der Waals surface area (Å²) in [5.74, 6) is -1.70. The van der Waals surface area contributed by atoms with E-state index >= 15 is 0 Å². The third-order valence-corrected chi connectivity index (χ3v) is 7.01. The molecule has 38 heavy (non-hydrogen) atoms. The number of ether oxygens (including phenoxy) is 1. The molecule has 3 unspecified atom stereocenters. The van der Waals surface area contributed by atoms with Gasteiger partial charge in [-0.25, -0.2) is 4.39 Å². The van der Waals surface area contributed by atoms with Gasteiger partial charge in [-0.3, -0.25) is 9.59 Å². The third-order valence-electron chi connectivity index (χ3n) is 7.01. The number of rotatable bonds is 5. The van der Waals surface area contributed by atoms with Gasteiger partial charge in [-0.05, 0) is 54.8 Å². The molecule has 0 radical (unpaired) electrons. The van der Waals surface area contributed by atoms with Crippen LogP contribution in [0.1, 0.15) is 61.0 Å². The molecule has 0 aromatic heterocycles. The monoisotopic (exact) mass is 546 g/mol. The van der Waals surface area contributed by atoms with Crippen molar-refractivity contribution in [2.45, 2.75) is 69.3 Å². The van der Waals surface area contributed by atoms with Gasteiger partial charge >= 0.3 is 12.4 Å². The molecule has 2 aromatic rings. The molecule has 2 fully saturated rings. The molecule has 2 aromatic carbocycles. The number of benzene rings is 2. The maximum atomic E-state index is 13.7. The molecular formula is C26H25F7N2O3. The van der Waals surface area contributed by atoms with Crippen molar-refractivity contribution in [2.24, 2.45) is 0 Å². The predicted octanol–water partition coefficient (Wildman–Crippen LogP) is 5.60. The number of carbonyl (C=O) groups is 2. The van der Waals surface area contributed by atoms with Crippen LogP contribution in [0.15, 0.2) is 42.5 Å². The minimum atomic E-state index is -5.02. The Morgan fingerprint density at radius 1 is 1.03 bits per heavy atom. The van der Waals surface area contributed by atoms with Crippen LogP contribution in [0.2, 0.25) is 0 Å². The third kappa shape index (κ3) is 5.79. The Morgan fingerprint density at radius 2 is 1.61 bits per heavy atom. The fraction of sp³-hybridized carbons (Fsp3) is 0.462. The van der Waals surface area contributed by atoms with Crippen molar-refractivity contribution >= 4 is 11.8 Å². The van der Waals surface area contributed by atoms with Gasteiger partial charge in [0, 0.05) is 25.8 Å². The summed E-state index contributed by atoms with van der Waals surface area (Å²) in [6.45, 7) is 2.66. The quantitative estimate of drug-likeness (QED) is 0.497. The molecule has 0 bridgehead atoms. The number of hydrogen-bond acceptors (Lipinski definition) is 3. The fourth-order valence-electron chi connectivity index (χ4n) is 5.37. The van der Waals surface area contributed by atoms with E-state index in [2.05, 4.69) is 5.32 Å². The van der Waals surface area contributed by atoms with Gasteiger partial charge in [-0.15, -0.1) is 0 Å². The Morgan fingerprint density at radius 3 is 2.13 bits per heavy atom. The van der Waals surface area contributed by atoms with E-state index in [0.717, 1.165) is 0 Å². The molecule has 2 amide bonds. The van der Waals surface area contributed by atoms with Crippen LogP contribution >= 0.6 is 0 Å². The lowest BCUT2D eigenvalue weighted by Crippen LogP contribution is -2.55. The Kier molecular flexibility index (Phi) is 7.48. The first kappa shape index (κ1) is 27.9. The van der Waals surface area contributed by atoms with Crippen molar-refractivity contribution in [3.63, 3.8) is 0 Å². The Bertz CT molecular complexity index is 1160. The summed E-state index contributed by atoms with van der Waals surface area (Å²) in [4.78, 5) is 26.2. The van der Waals surface area contributed by atoms with Crippen molar-refractivity contribution in [3.8, 4) is 0 Å². The second kappa shape index (κ2) is 10.2. The van der Waals surface area contributed by atoms with Crippen molar-refractivity contribution in [1.29, 1.82) is 0 Å². The van der Waals surface area contributed by atoms with E-state index in [1.165, 1.54) is 43.0 Å². The summed E-state index contributed by atoms with van der Waals surface area (Å²) in [5, 5.41) is 2.83. The number of hydrogen-bond donors (Lipinski definition) is 1. The van der Waals surface area contributed by atoms with Crippen LogP contribution < -0.4 is 5.32 Å². The maximum absolute atomic E-state index is 13.7. The molecule has 0 aliphatic carbocycles. The summed E-state index contributed by atoms with van der Waals surface area (Å²) in [7, 11) is 0. The maximum Gasteiger partial charge on any atom is 0.416 e. The van der Waals surface area contributed by atoms with Gasteiger partial charge < -0.3 is 15.0 Å². The predicted molar refractivity (Wildman–Crippen MR) is 121 cm³/mol. The standard InChI is InChI=1S/C26H25F7N2O3/c1-13(16-9-17(25(28,29)30)11-18(10-16)26(31,32)33)38-21-12-35-22(37)8-7-20(34-14(2)36)24(35)23(21)15-3-5-19(27)6-4-15/h3-6,9-11,13,20-21,23-24H,7-8,12H2,1-2H3,(H,34,36)/t13-,20?,21?,23-,24?/m1/s1. The zero-order chi connectivity index (χ0) is 28.0. The molecule has 5 nitrogen and oxygen atoms in total. The van der Waals surface area contributed by atoms with E-state index in [1.54, 1.807) is 0 Å². The lowest BCUT2D eigenvalue weighted by molar-refractivity contribution is -0.143. The van der Waals surface area contributed by atoms with Crippen LogP contribution in [0.3, 0.4) is 0 Å². The van der Waals surface area contributed by atoms with E-state index in [4.69, 9.17) is 4.74 Å². The van der Waals surface area contributed by atoms with Gasteiger partial charge in [0.25, 0.3) is 0 Å². The van der Waals surface area contributed by atoms with Crippen LogP contribution in [-0.2, 0) is 26.7 Å². The zero-order valence-electron chi connectivity index (χ0n) is 20.4. The molecule has 1 N–H and O–H groups in total. The highest BCUT2D eigenvalue weighted by molar-refractivity contribution is 5.79. The lowest BCUT2D eigenvalue weighted by Gasteiger charge is -2.39. The smallest absolute Gasteiger partial charge is 0.368 e. The average molecular weight is 546 g/mol. The van der Waals surface area contributed by atoms with Crippen LogP contribution in [0.5, 0.6) is 0 Å². The number of amides is 2. The van der Waals surface area contributed by atoms with Crippen molar-refractivity contribution in [2.75, 3.05) is 6.54 Å². The van der Waals surface area contributed by atoms with Gasteiger partial charge in [-0.1, -0.05) is 12.1 Å². The number of piperidine rings is 1. The van der Waals surface area contributed by atoms with Crippen molar-refractivity contribution in [3.05, 3.63) is 70.5 Å². The zero-order valence-corrected chi connectivity index (χ0v) is 20.4. The molecule has 5 atom stereocenters. The van der Waals surface area contributed by atoms with Crippen LogP contribution in [0.4, 0.5) is 30.7 Å². The number of carbonyl (C=O) groups excluding carboxylic acids is 2. The van der Waals surface area contributed by atoms with E-state index in [1.807, 2.05) is 0 Å². The second-order valence-corrected chi connectivity index (χ2v) is 9.62. The Balaban J connectivity index is 1.72. The van der Waals surface area contributed by atoms with Crippen molar-refractivity contribution in [1.82, 2.24) is 10.2 Å². The van der Waals surface area contributed by atoms with E-state index in [9.17, 15) is 40.3 Å². The van der Waals surface area contributed by atoms with Crippen LogP contribution in [-0.4, -0.2) is 41.4 Å². The average Bonchev–Trinajstić information content (AvgIpc) is 3.20. The Hall–Kier alpha value is -3.15. The first-order chi connectivity index (χ1) is 17.6. The number of alkyl halides is 6. The minimum absolute atomic E-state index is 0.00292. The highest BCUT2D eigenvalue weighted by Gasteiger charge is 2.51. The van der Waals surface area contributed by atoms with E-state index < -0.39 is 59.5 Å². The topological polar surface area (TPSA) is 58.6 Å². The normalized spacial score (nSPS) is 24.8. The number of fused-ring (bicyclic) bond motifs is 1. The minimum Gasteiger partial charge on any atom is -0.368 e. The summed E-state index contributed by atoms with van der Waals surface area (Å²) in [5.41, 5.74) is -2.70. The van der Waals surface area contributed by atoms with E-state index in [-0.39, 0.29) is 36.4 Å². The number of nitrogens with zero attached hydrogens (tertiary/aromatic N) is 1. The SMILES string of the molecule is CC(=O)NC1CCC(=O)N2CC(O[C@H](C)c3cc(C(F)(F)F)cc(C(F)(F)F)c3)[C@@H](c3ccc(F)cc3)C12. The number of halogens is 7. The van der Waals surface area contributed by atoms with Gasteiger partial charge in [0.1, 0.15) is 5.82 Å². The molecule has 0 spiro atoms. The molecule has 206 valence electrons. The fourth-order valence-corrected chi connectivity index (χ4v) is 5.37. The highest BCUT2D eigenvalue weighted by atomic mass is 19.4. The van der Waals surface area contributed by atoms with Gasteiger partial charge in [0.15, 0.2) is 0 Å². The summed E-state index contributed by atoms with van der Waals surface area (Å²) < 4.78 is 100. The first-order valence-electron chi connectivity index (χ1n) is 11.9. The molecule has 4 rings (SSSR count). The van der Waals surface area contributed by atoms with Crippen molar-refractivity contribution < 1.29 is 45.1 Å². The molecule has 12 heteroatoms. The van der Waals surface area contributed by atoms with Gasteiger partial charge in [0.2, 0.25) is 11.8 Å². The van der Waals surface area contributed by atoms with Gasteiger partial charge in [-0.2, -0.15) is 26.3 Å². The van der Waals surface area contributed by atoms with Crippen LogP contribution in [0.25, 0.3) is 0 Å². The molecular weight excluding hydrogens is 521 g/mol. The summed E-state index contributed by atoms with van der Waals surface area (Å²) in [6.07, 6.45) is -11.6. The summed E-state index contributed by atoms with van der Waals surface area (Å²) >= 11 is 0. The summed E-state index contributed by atoms with van der Waals surface area (Å²) in [6, 6.07) is 5.58. The largest absolute Gasteiger partial charge is 0.416 e. The van der Waals surface area contributed by atoms with Gasteiger partial charge in [0.05, 0.1) is 35.4 Å². The van der Waals surface area contributed by atoms with Crippen LogP contribution in [0, 0.1) is 5.82 Å². The van der Waals surface area contributed by atoms with E-state index in [0.29, 0.717) is 24.1 Å². The number of nitrogens with one attached hydrogen (secondary N) is 1. The lowest BCUT2D eigenvalue weighted by atomic mass is 9.82. The second-order valence-electron chi connectivity index (χ2n) is 9.62. The molecule has 2 aliphatic rings.